The largest absolute Gasteiger partial charge is 0.468 e. The van der Waals surface area contributed by atoms with Gasteiger partial charge in [-0.25, -0.2) is 12.8 Å². The lowest BCUT2D eigenvalue weighted by atomic mass is 10.3. The van der Waals surface area contributed by atoms with Crippen LogP contribution in [0.15, 0.2) is 82.3 Å². The molecule has 8 heteroatoms. The number of anilines is 1. The van der Waals surface area contributed by atoms with Crippen molar-refractivity contribution < 1.29 is 22.0 Å². The van der Waals surface area contributed by atoms with Crippen LogP contribution in [0.4, 0.5) is 10.1 Å². The Morgan fingerprint density at radius 1 is 1.04 bits per heavy atom. The van der Waals surface area contributed by atoms with Crippen LogP contribution in [0, 0.1) is 5.82 Å². The summed E-state index contributed by atoms with van der Waals surface area (Å²) in [7, 11) is -4.11. The Kier molecular flexibility index (Phi) is 5.68. The van der Waals surface area contributed by atoms with Crippen LogP contribution in [0.3, 0.4) is 0 Å². The monoisotopic (exact) mass is 388 g/mol. The van der Waals surface area contributed by atoms with Gasteiger partial charge in [-0.05, 0) is 42.5 Å². The van der Waals surface area contributed by atoms with Crippen molar-refractivity contribution in [1.29, 1.82) is 0 Å². The van der Waals surface area contributed by atoms with Crippen LogP contribution in [0.25, 0.3) is 0 Å². The molecule has 0 spiro atoms. The molecule has 0 atom stereocenters. The molecule has 0 bridgehead atoms. The number of amides is 1. The van der Waals surface area contributed by atoms with Gasteiger partial charge in [-0.1, -0.05) is 24.3 Å². The Bertz CT molecular complexity index is 1010. The molecule has 6 nitrogen and oxygen atoms in total. The van der Waals surface area contributed by atoms with Gasteiger partial charge in [0.05, 0.1) is 24.2 Å². The second kappa shape index (κ2) is 8.15. The van der Waals surface area contributed by atoms with E-state index < -0.39 is 28.3 Å². The minimum Gasteiger partial charge on any atom is -0.468 e. The van der Waals surface area contributed by atoms with Crippen molar-refractivity contribution in [3.05, 3.63) is 84.6 Å². The molecule has 140 valence electrons. The van der Waals surface area contributed by atoms with Crippen molar-refractivity contribution in [3.8, 4) is 0 Å². The van der Waals surface area contributed by atoms with E-state index in [1.807, 2.05) is 0 Å². The predicted octanol–water partition coefficient (Wildman–Crippen LogP) is 3.25. The van der Waals surface area contributed by atoms with Crippen molar-refractivity contribution in [2.75, 3.05) is 11.9 Å². The van der Waals surface area contributed by atoms with Crippen molar-refractivity contribution in [2.45, 2.75) is 11.4 Å². The van der Waals surface area contributed by atoms with Crippen LogP contribution in [0.1, 0.15) is 5.76 Å². The average Bonchev–Trinajstić information content (AvgIpc) is 3.15. The fraction of sp³-hybridized carbons (Fsp3) is 0.105. The molecule has 0 radical (unpaired) electrons. The standard InChI is InChI=1S/C19H17FN2O4S/c20-15-6-4-10-18(12-15)27(24,25)22(13-17-9-5-11-26-17)14-19(23)21-16-7-2-1-3-8-16/h1-12H,13-14H2,(H,21,23). The smallest absolute Gasteiger partial charge is 0.244 e. The topological polar surface area (TPSA) is 79.6 Å². The molecule has 0 aliphatic rings. The van der Waals surface area contributed by atoms with Gasteiger partial charge in [-0.3, -0.25) is 4.79 Å². The van der Waals surface area contributed by atoms with E-state index in [0.717, 1.165) is 16.4 Å². The van der Waals surface area contributed by atoms with E-state index in [1.165, 1.54) is 18.4 Å². The van der Waals surface area contributed by atoms with E-state index >= 15 is 0 Å². The Labute approximate surface area is 156 Å². The van der Waals surface area contributed by atoms with Gasteiger partial charge in [0, 0.05) is 5.69 Å². The zero-order valence-electron chi connectivity index (χ0n) is 14.2. The van der Waals surface area contributed by atoms with Crippen molar-refractivity contribution in [2.24, 2.45) is 0 Å². The first-order chi connectivity index (χ1) is 12.9. The molecule has 0 aliphatic carbocycles. The first-order valence-corrected chi connectivity index (χ1v) is 9.52. The lowest BCUT2D eigenvalue weighted by Crippen LogP contribution is -2.37. The summed E-state index contributed by atoms with van der Waals surface area (Å²) in [4.78, 5) is 12.1. The van der Waals surface area contributed by atoms with Gasteiger partial charge >= 0.3 is 0 Å². The summed E-state index contributed by atoms with van der Waals surface area (Å²) in [6.45, 7) is -0.609. The van der Waals surface area contributed by atoms with Crippen LogP contribution in [-0.4, -0.2) is 25.2 Å². The van der Waals surface area contributed by atoms with Crippen LogP contribution in [0.5, 0.6) is 0 Å². The molecule has 1 amide bonds. The Balaban J connectivity index is 1.85. The number of furan rings is 1. The lowest BCUT2D eigenvalue weighted by molar-refractivity contribution is -0.116. The highest BCUT2D eigenvalue weighted by Gasteiger charge is 2.28. The highest BCUT2D eigenvalue weighted by molar-refractivity contribution is 7.89. The van der Waals surface area contributed by atoms with Crippen LogP contribution in [0.2, 0.25) is 0 Å². The molecular formula is C19H17FN2O4S. The summed E-state index contributed by atoms with van der Waals surface area (Å²) in [6, 6.07) is 16.5. The summed E-state index contributed by atoms with van der Waals surface area (Å²) in [6.07, 6.45) is 1.41. The number of carbonyl (C=O) groups excluding carboxylic acids is 1. The quantitative estimate of drug-likeness (QED) is 0.674. The molecule has 0 aliphatic heterocycles. The number of hydrogen-bond acceptors (Lipinski definition) is 4. The molecule has 0 saturated heterocycles. The minimum atomic E-state index is -4.11. The first kappa shape index (κ1) is 18.8. The van der Waals surface area contributed by atoms with Gasteiger partial charge in [-0.15, -0.1) is 0 Å². The molecule has 3 rings (SSSR count). The molecule has 1 aromatic heterocycles. The van der Waals surface area contributed by atoms with E-state index in [4.69, 9.17) is 4.42 Å². The number of rotatable bonds is 7. The third-order valence-electron chi connectivity index (χ3n) is 3.72. The van der Waals surface area contributed by atoms with Gasteiger partial charge < -0.3 is 9.73 Å². The lowest BCUT2D eigenvalue weighted by Gasteiger charge is -2.21. The summed E-state index contributed by atoms with van der Waals surface area (Å²) in [5, 5.41) is 2.64. The summed E-state index contributed by atoms with van der Waals surface area (Å²) >= 11 is 0. The van der Waals surface area contributed by atoms with Crippen LogP contribution in [-0.2, 0) is 21.4 Å². The maximum absolute atomic E-state index is 13.5. The maximum Gasteiger partial charge on any atom is 0.244 e. The zero-order chi connectivity index (χ0) is 19.3. The normalized spacial score (nSPS) is 11.5. The van der Waals surface area contributed by atoms with Crippen molar-refractivity contribution in [3.63, 3.8) is 0 Å². The highest BCUT2D eigenvalue weighted by Crippen LogP contribution is 2.20. The van der Waals surface area contributed by atoms with Gasteiger partial charge in [0.15, 0.2) is 0 Å². The SMILES string of the molecule is O=C(CN(Cc1ccco1)S(=O)(=O)c1cccc(F)c1)Nc1ccccc1. The average molecular weight is 388 g/mol. The molecule has 0 unspecified atom stereocenters. The molecule has 0 saturated carbocycles. The number of nitrogens with zero attached hydrogens (tertiary/aromatic N) is 1. The maximum atomic E-state index is 13.5. The number of nitrogens with one attached hydrogen (secondary N) is 1. The number of hydrogen-bond donors (Lipinski definition) is 1. The molecule has 0 fully saturated rings. The summed E-state index contributed by atoms with van der Waals surface area (Å²) < 4.78 is 45.5. The van der Waals surface area contributed by atoms with E-state index in [0.29, 0.717) is 11.4 Å². The number of sulfonamides is 1. The van der Waals surface area contributed by atoms with Crippen molar-refractivity contribution >= 4 is 21.6 Å². The molecule has 3 aromatic rings. The molecule has 2 aromatic carbocycles. The van der Waals surface area contributed by atoms with E-state index in [9.17, 15) is 17.6 Å². The Morgan fingerprint density at radius 3 is 2.48 bits per heavy atom. The number of halogens is 1. The van der Waals surface area contributed by atoms with E-state index in [1.54, 1.807) is 42.5 Å². The molecule has 1 N–H and O–H groups in total. The van der Waals surface area contributed by atoms with Gasteiger partial charge in [-0.2, -0.15) is 4.31 Å². The third-order valence-corrected chi connectivity index (χ3v) is 5.51. The fourth-order valence-corrected chi connectivity index (χ4v) is 3.86. The fourth-order valence-electron chi connectivity index (χ4n) is 2.46. The number of benzene rings is 2. The first-order valence-electron chi connectivity index (χ1n) is 8.08. The second-order valence-corrected chi connectivity index (χ2v) is 7.66. The zero-order valence-corrected chi connectivity index (χ0v) is 15.0. The van der Waals surface area contributed by atoms with Gasteiger partial charge in [0.2, 0.25) is 15.9 Å². The van der Waals surface area contributed by atoms with E-state index in [-0.39, 0.29) is 11.4 Å². The number of para-hydroxylation sites is 1. The van der Waals surface area contributed by atoms with Gasteiger partial charge in [0.25, 0.3) is 0 Å². The molecular weight excluding hydrogens is 371 g/mol. The van der Waals surface area contributed by atoms with Crippen molar-refractivity contribution in [1.82, 2.24) is 4.31 Å². The summed E-state index contributed by atoms with van der Waals surface area (Å²) in [5.74, 6) is -0.835. The summed E-state index contributed by atoms with van der Waals surface area (Å²) in [5.41, 5.74) is 0.545. The second-order valence-electron chi connectivity index (χ2n) is 5.72. The predicted molar refractivity (Wildman–Crippen MR) is 97.8 cm³/mol. The number of carbonyl (C=O) groups is 1. The highest BCUT2D eigenvalue weighted by atomic mass is 32.2. The molecule has 1 heterocycles. The van der Waals surface area contributed by atoms with Gasteiger partial charge in [0.1, 0.15) is 11.6 Å². The third kappa shape index (κ3) is 4.81. The Morgan fingerprint density at radius 2 is 1.81 bits per heavy atom. The minimum absolute atomic E-state index is 0.159. The Hall–Kier alpha value is -2.97. The van der Waals surface area contributed by atoms with E-state index in [2.05, 4.69) is 5.32 Å². The van der Waals surface area contributed by atoms with Crippen LogP contribution < -0.4 is 5.32 Å². The van der Waals surface area contributed by atoms with Crippen LogP contribution >= 0.6 is 0 Å². The molecule has 27 heavy (non-hydrogen) atoms.